The lowest BCUT2D eigenvalue weighted by atomic mass is 9.85. The average molecular weight is 362 g/mol. The van der Waals surface area contributed by atoms with Crippen molar-refractivity contribution < 1.29 is 9.26 Å². The highest BCUT2D eigenvalue weighted by Crippen LogP contribution is 2.36. The molecule has 0 amide bonds. The van der Waals surface area contributed by atoms with Gasteiger partial charge in [0.2, 0.25) is 5.89 Å². The van der Waals surface area contributed by atoms with Crippen molar-refractivity contribution >= 4 is 0 Å². The van der Waals surface area contributed by atoms with Gasteiger partial charge < -0.3 is 9.26 Å². The number of piperidine rings is 1. The molecule has 0 spiro atoms. The van der Waals surface area contributed by atoms with Crippen LogP contribution in [0.15, 0.2) is 16.9 Å². The monoisotopic (exact) mass is 362 g/mol. The summed E-state index contributed by atoms with van der Waals surface area (Å²) in [7, 11) is 5.73. The van der Waals surface area contributed by atoms with E-state index in [4.69, 9.17) is 9.26 Å². The van der Waals surface area contributed by atoms with Crippen molar-refractivity contribution in [3.05, 3.63) is 29.7 Å². The van der Waals surface area contributed by atoms with Crippen LogP contribution in [0.4, 0.5) is 0 Å². The van der Waals surface area contributed by atoms with Crippen molar-refractivity contribution in [1.82, 2.24) is 29.7 Å². The summed E-state index contributed by atoms with van der Waals surface area (Å²) in [5, 5.41) is 8.33. The Bertz CT molecular complexity index is 685. The molecular weight excluding hydrogens is 332 g/mol. The van der Waals surface area contributed by atoms with E-state index in [1.54, 1.807) is 7.11 Å². The van der Waals surface area contributed by atoms with Crippen LogP contribution in [0.3, 0.4) is 0 Å². The lowest BCUT2D eigenvalue weighted by Gasteiger charge is -2.41. The first-order valence-electron chi connectivity index (χ1n) is 9.32. The van der Waals surface area contributed by atoms with E-state index in [-0.39, 0.29) is 0 Å². The average Bonchev–Trinajstić information content (AvgIpc) is 3.24. The topological polar surface area (TPSA) is 72.5 Å². The van der Waals surface area contributed by atoms with E-state index >= 15 is 0 Å². The molecule has 0 bridgehead atoms. The fourth-order valence-corrected chi connectivity index (χ4v) is 4.01. The number of likely N-dealkylation sites (tertiary alicyclic amines) is 1. The first-order valence-corrected chi connectivity index (χ1v) is 9.32. The van der Waals surface area contributed by atoms with Crippen LogP contribution < -0.4 is 0 Å². The van der Waals surface area contributed by atoms with E-state index in [1.807, 2.05) is 17.9 Å². The van der Waals surface area contributed by atoms with Crippen molar-refractivity contribution in [2.45, 2.75) is 39.0 Å². The third-order valence-electron chi connectivity index (χ3n) is 5.07. The molecule has 2 aromatic heterocycles. The molecule has 0 N–H and O–H groups in total. The molecule has 0 saturated carbocycles. The van der Waals surface area contributed by atoms with Gasteiger partial charge in [0.25, 0.3) is 0 Å². The maximum atomic E-state index is 5.33. The zero-order valence-corrected chi connectivity index (χ0v) is 16.3. The van der Waals surface area contributed by atoms with Crippen molar-refractivity contribution in [3.63, 3.8) is 0 Å². The number of rotatable bonds is 8. The van der Waals surface area contributed by atoms with Crippen LogP contribution in [0, 0.1) is 5.92 Å². The van der Waals surface area contributed by atoms with E-state index in [9.17, 15) is 0 Å². The maximum absolute atomic E-state index is 5.33. The fraction of sp³-hybridized carbons (Fsp3) is 0.722. The number of aromatic nitrogens is 4. The molecule has 0 unspecified atom stereocenters. The van der Waals surface area contributed by atoms with Gasteiger partial charge in [-0.05, 0) is 38.9 Å². The third-order valence-corrected chi connectivity index (χ3v) is 5.07. The molecule has 0 radical (unpaired) electrons. The molecule has 1 fully saturated rings. The predicted molar refractivity (Wildman–Crippen MR) is 97.3 cm³/mol. The lowest BCUT2D eigenvalue weighted by Crippen LogP contribution is -2.42. The Hall–Kier alpha value is -1.77. The molecule has 2 atom stereocenters. The minimum Gasteiger partial charge on any atom is -0.377 e. The van der Waals surface area contributed by atoms with Crippen LogP contribution in [0.5, 0.6) is 0 Å². The van der Waals surface area contributed by atoms with Crippen LogP contribution in [0.2, 0.25) is 0 Å². The molecular formula is C18H30N6O2. The number of aryl methyl sites for hydroxylation is 1. The number of hydrogen-bond acceptors (Lipinski definition) is 7. The van der Waals surface area contributed by atoms with Gasteiger partial charge in [-0.25, -0.2) is 0 Å². The summed E-state index contributed by atoms with van der Waals surface area (Å²) in [4.78, 5) is 9.22. The third kappa shape index (κ3) is 4.49. The quantitative estimate of drug-likeness (QED) is 0.709. The van der Waals surface area contributed by atoms with Gasteiger partial charge in [0.15, 0.2) is 5.82 Å². The van der Waals surface area contributed by atoms with Gasteiger partial charge in [-0.3, -0.25) is 14.5 Å². The molecule has 1 aliphatic heterocycles. The zero-order chi connectivity index (χ0) is 18.5. The Morgan fingerprint density at radius 1 is 1.42 bits per heavy atom. The van der Waals surface area contributed by atoms with Gasteiger partial charge in [-0.1, -0.05) is 12.1 Å². The van der Waals surface area contributed by atoms with Crippen molar-refractivity contribution in [2.75, 3.05) is 33.8 Å². The minimum atomic E-state index is 0.379. The summed E-state index contributed by atoms with van der Waals surface area (Å²) in [6, 6.07) is 0.414. The zero-order valence-electron chi connectivity index (χ0n) is 16.3. The van der Waals surface area contributed by atoms with Gasteiger partial charge in [0.05, 0.1) is 12.7 Å². The number of ether oxygens (including phenoxy) is 1. The predicted octanol–water partition coefficient (Wildman–Crippen LogP) is 1.85. The SMILES string of the molecule is CCN1CCC[C@@H](CN(C)Cc2nc(COC)no2)[C@@H]1c1cnn(C)c1. The second-order valence-electron chi connectivity index (χ2n) is 7.16. The van der Waals surface area contributed by atoms with Gasteiger partial charge in [0.1, 0.15) is 6.61 Å². The van der Waals surface area contributed by atoms with Gasteiger partial charge >= 0.3 is 0 Å². The number of hydrogen-bond donors (Lipinski definition) is 0. The molecule has 0 aliphatic carbocycles. The highest BCUT2D eigenvalue weighted by molar-refractivity contribution is 5.13. The highest BCUT2D eigenvalue weighted by Gasteiger charge is 2.33. The molecule has 8 nitrogen and oxygen atoms in total. The summed E-state index contributed by atoms with van der Waals surface area (Å²) in [6.07, 6.45) is 6.63. The second-order valence-corrected chi connectivity index (χ2v) is 7.16. The summed E-state index contributed by atoms with van der Waals surface area (Å²) < 4.78 is 12.3. The first-order chi connectivity index (χ1) is 12.6. The van der Waals surface area contributed by atoms with Crippen LogP contribution >= 0.6 is 0 Å². The molecule has 3 rings (SSSR count). The second kappa shape index (κ2) is 8.75. The van der Waals surface area contributed by atoms with Crippen molar-refractivity contribution in [1.29, 1.82) is 0 Å². The normalized spacial score (nSPS) is 21.6. The Morgan fingerprint density at radius 3 is 2.96 bits per heavy atom. The fourth-order valence-electron chi connectivity index (χ4n) is 4.01. The summed E-state index contributed by atoms with van der Waals surface area (Å²) >= 11 is 0. The summed E-state index contributed by atoms with van der Waals surface area (Å²) in [5.41, 5.74) is 1.31. The highest BCUT2D eigenvalue weighted by atomic mass is 16.5. The smallest absolute Gasteiger partial charge is 0.240 e. The first kappa shape index (κ1) is 19.0. The molecule has 3 heterocycles. The van der Waals surface area contributed by atoms with Crippen molar-refractivity contribution in [3.8, 4) is 0 Å². The van der Waals surface area contributed by atoms with Crippen LogP contribution in [0.1, 0.15) is 43.1 Å². The summed E-state index contributed by atoms with van der Waals surface area (Å²) in [5.74, 6) is 1.79. The maximum Gasteiger partial charge on any atom is 0.240 e. The van der Waals surface area contributed by atoms with E-state index in [0.29, 0.717) is 36.8 Å². The molecule has 1 saturated heterocycles. The lowest BCUT2D eigenvalue weighted by molar-refractivity contribution is 0.0726. The Balaban J connectivity index is 1.66. The van der Waals surface area contributed by atoms with E-state index < -0.39 is 0 Å². The van der Waals surface area contributed by atoms with E-state index in [0.717, 1.165) is 19.6 Å². The Kier molecular flexibility index (Phi) is 6.39. The molecule has 144 valence electrons. The minimum absolute atomic E-state index is 0.379. The van der Waals surface area contributed by atoms with E-state index in [1.165, 1.54) is 18.4 Å². The largest absolute Gasteiger partial charge is 0.377 e. The molecule has 26 heavy (non-hydrogen) atoms. The van der Waals surface area contributed by atoms with Gasteiger partial charge in [0, 0.05) is 38.5 Å². The van der Waals surface area contributed by atoms with Crippen LogP contribution in [0.25, 0.3) is 0 Å². The van der Waals surface area contributed by atoms with Crippen LogP contribution in [-0.2, 0) is 24.9 Å². The van der Waals surface area contributed by atoms with E-state index in [2.05, 4.69) is 45.2 Å². The molecule has 8 heteroatoms. The molecule has 0 aromatic carbocycles. The van der Waals surface area contributed by atoms with Crippen molar-refractivity contribution in [2.24, 2.45) is 13.0 Å². The van der Waals surface area contributed by atoms with Gasteiger partial charge in [-0.2, -0.15) is 10.1 Å². The number of nitrogens with zero attached hydrogens (tertiary/aromatic N) is 6. The number of methoxy groups -OCH3 is 1. The van der Waals surface area contributed by atoms with Gasteiger partial charge in [-0.15, -0.1) is 0 Å². The molecule has 2 aromatic rings. The Labute approximate surface area is 155 Å². The van der Waals surface area contributed by atoms with Crippen LogP contribution in [-0.4, -0.2) is 63.5 Å². The summed E-state index contributed by atoms with van der Waals surface area (Å²) in [6.45, 7) is 6.47. The standard InChI is InChI=1S/C18H30N6O2/c1-5-24-8-6-7-14(18(24)15-9-19-23(3)11-15)10-22(2)12-17-20-16(13-25-4)21-26-17/h9,11,14,18H,5-8,10,12-13H2,1-4H3/t14-,18+/m0/s1. The molecule has 1 aliphatic rings. The Morgan fingerprint density at radius 2 is 2.27 bits per heavy atom.